The summed E-state index contributed by atoms with van der Waals surface area (Å²) in [6, 6.07) is 11.0. The van der Waals surface area contributed by atoms with Crippen molar-refractivity contribution >= 4 is 5.91 Å². The molecule has 1 amide bonds. The third kappa shape index (κ3) is 4.16. The highest BCUT2D eigenvalue weighted by atomic mass is 19.1. The number of nitrogens with one attached hydrogen (secondary N) is 1. The number of rotatable bonds is 7. The highest BCUT2D eigenvalue weighted by molar-refractivity contribution is 5.94. The third-order valence-electron chi connectivity index (χ3n) is 3.57. The van der Waals surface area contributed by atoms with Crippen molar-refractivity contribution in [1.82, 2.24) is 5.32 Å². The minimum atomic E-state index is -0.284. The van der Waals surface area contributed by atoms with Gasteiger partial charge < -0.3 is 19.5 Å². The summed E-state index contributed by atoms with van der Waals surface area (Å²) < 4.78 is 28.7. The molecule has 0 fully saturated rings. The van der Waals surface area contributed by atoms with Crippen LogP contribution in [0.4, 0.5) is 4.39 Å². The maximum Gasteiger partial charge on any atom is 0.251 e. The Bertz CT molecular complexity index is 703. The van der Waals surface area contributed by atoms with Gasteiger partial charge in [-0.15, -0.1) is 0 Å². The lowest BCUT2D eigenvalue weighted by molar-refractivity contribution is 0.0952. The number of amides is 1. The summed E-state index contributed by atoms with van der Waals surface area (Å²) in [6.45, 7) is 1.26. The molecule has 0 unspecified atom stereocenters. The minimum Gasteiger partial charge on any atom is -0.494 e. The fourth-order valence-electron chi connectivity index (χ4n) is 2.29. The van der Waals surface area contributed by atoms with E-state index in [0.29, 0.717) is 36.0 Å². The smallest absolute Gasteiger partial charge is 0.251 e. The second-order valence-corrected chi connectivity index (χ2v) is 5.33. The van der Waals surface area contributed by atoms with Gasteiger partial charge in [-0.1, -0.05) is 0 Å². The lowest BCUT2D eigenvalue weighted by atomic mass is 10.2. The Morgan fingerprint density at radius 2 is 1.88 bits per heavy atom. The molecule has 126 valence electrons. The highest BCUT2D eigenvalue weighted by Crippen LogP contribution is 2.32. The van der Waals surface area contributed by atoms with E-state index in [9.17, 15) is 9.18 Å². The van der Waals surface area contributed by atoms with Crippen LogP contribution in [0.15, 0.2) is 42.5 Å². The van der Waals surface area contributed by atoms with Crippen molar-refractivity contribution in [3.05, 3.63) is 53.8 Å². The second-order valence-electron chi connectivity index (χ2n) is 5.33. The Morgan fingerprint density at radius 3 is 2.71 bits per heavy atom. The molecule has 0 atom stereocenters. The summed E-state index contributed by atoms with van der Waals surface area (Å²) in [5, 5.41) is 2.86. The molecular formula is C18H18FNO4. The van der Waals surface area contributed by atoms with Gasteiger partial charge in [0.25, 0.3) is 5.91 Å². The van der Waals surface area contributed by atoms with Crippen LogP contribution in [0, 0.1) is 5.82 Å². The van der Waals surface area contributed by atoms with Gasteiger partial charge in [-0.25, -0.2) is 4.39 Å². The average Bonchev–Trinajstić information content (AvgIpc) is 3.07. The number of hydrogen-bond donors (Lipinski definition) is 1. The zero-order valence-corrected chi connectivity index (χ0v) is 13.1. The van der Waals surface area contributed by atoms with Gasteiger partial charge in [-0.05, 0) is 55.3 Å². The standard InChI is InChI=1S/C18H18FNO4/c19-14-4-6-15(7-5-14)22-10-2-1-9-20-18(21)13-3-8-16-17(11-13)24-12-23-16/h3-8,11H,1-2,9-10,12H2,(H,20,21). The molecule has 2 aromatic carbocycles. The summed E-state index contributed by atoms with van der Waals surface area (Å²) in [7, 11) is 0. The lowest BCUT2D eigenvalue weighted by Gasteiger charge is -2.07. The topological polar surface area (TPSA) is 56.8 Å². The maximum atomic E-state index is 12.8. The molecule has 0 saturated heterocycles. The fraction of sp³-hybridized carbons (Fsp3) is 0.278. The summed E-state index contributed by atoms with van der Waals surface area (Å²) in [5.41, 5.74) is 0.543. The van der Waals surface area contributed by atoms with Gasteiger partial charge in [0.1, 0.15) is 11.6 Å². The summed E-state index contributed by atoms with van der Waals surface area (Å²) >= 11 is 0. The lowest BCUT2D eigenvalue weighted by Crippen LogP contribution is -2.24. The van der Waals surface area contributed by atoms with E-state index in [1.807, 2.05) is 0 Å². The van der Waals surface area contributed by atoms with E-state index >= 15 is 0 Å². The number of fused-ring (bicyclic) bond motifs is 1. The molecule has 1 aliphatic heterocycles. The van der Waals surface area contributed by atoms with E-state index in [4.69, 9.17) is 14.2 Å². The first-order valence-corrected chi connectivity index (χ1v) is 7.78. The van der Waals surface area contributed by atoms with Crippen molar-refractivity contribution in [3.8, 4) is 17.2 Å². The van der Waals surface area contributed by atoms with E-state index in [-0.39, 0.29) is 18.5 Å². The van der Waals surface area contributed by atoms with Gasteiger partial charge in [-0.3, -0.25) is 4.79 Å². The van der Waals surface area contributed by atoms with Gasteiger partial charge in [0, 0.05) is 12.1 Å². The van der Waals surface area contributed by atoms with E-state index < -0.39 is 0 Å². The molecule has 0 bridgehead atoms. The Labute approximate surface area is 139 Å². The largest absolute Gasteiger partial charge is 0.494 e. The van der Waals surface area contributed by atoms with Gasteiger partial charge in [-0.2, -0.15) is 0 Å². The SMILES string of the molecule is O=C(NCCCCOc1ccc(F)cc1)c1ccc2c(c1)OCO2. The average molecular weight is 331 g/mol. The number of carbonyl (C=O) groups is 1. The number of benzene rings is 2. The van der Waals surface area contributed by atoms with E-state index in [1.165, 1.54) is 12.1 Å². The number of carbonyl (C=O) groups excluding carboxylic acids is 1. The van der Waals surface area contributed by atoms with Crippen molar-refractivity contribution in [3.63, 3.8) is 0 Å². The molecule has 0 aliphatic carbocycles. The Hall–Kier alpha value is -2.76. The van der Waals surface area contributed by atoms with Crippen LogP contribution in [0.3, 0.4) is 0 Å². The van der Waals surface area contributed by atoms with Gasteiger partial charge in [0.2, 0.25) is 6.79 Å². The van der Waals surface area contributed by atoms with Gasteiger partial charge in [0.05, 0.1) is 6.61 Å². The van der Waals surface area contributed by atoms with E-state index in [1.54, 1.807) is 30.3 Å². The molecule has 6 heteroatoms. The maximum absolute atomic E-state index is 12.8. The van der Waals surface area contributed by atoms with Gasteiger partial charge in [0.15, 0.2) is 11.5 Å². The van der Waals surface area contributed by atoms with Crippen molar-refractivity contribution < 1.29 is 23.4 Å². The number of hydrogen-bond acceptors (Lipinski definition) is 4. The van der Waals surface area contributed by atoms with Gasteiger partial charge >= 0.3 is 0 Å². The van der Waals surface area contributed by atoms with Crippen LogP contribution in [0.2, 0.25) is 0 Å². The summed E-state index contributed by atoms with van der Waals surface area (Å²) in [6.07, 6.45) is 1.58. The number of ether oxygens (including phenoxy) is 3. The molecule has 0 saturated carbocycles. The van der Waals surface area contributed by atoms with Crippen molar-refractivity contribution in [2.75, 3.05) is 19.9 Å². The Morgan fingerprint density at radius 1 is 1.08 bits per heavy atom. The molecule has 0 aromatic heterocycles. The monoisotopic (exact) mass is 331 g/mol. The first-order valence-electron chi connectivity index (χ1n) is 7.78. The molecule has 1 N–H and O–H groups in total. The zero-order chi connectivity index (χ0) is 16.8. The Balaban J connectivity index is 1.34. The summed E-state index contributed by atoms with van der Waals surface area (Å²) in [5.74, 6) is 1.46. The van der Waals surface area contributed by atoms with Crippen molar-refractivity contribution in [2.45, 2.75) is 12.8 Å². The third-order valence-corrected chi connectivity index (χ3v) is 3.57. The minimum absolute atomic E-state index is 0.146. The van der Waals surface area contributed by atoms with E-state index in [2.05, 4.69) is 5.32 Å². The Kier molecular flexibility index (Phi) is 5.15. The molecular weight excluding hydrogens is 313 g/mol. The number of unbranched alkanes of at least 4 members (excludes halogenated alkanes) is 1. The second kappa shape index (κ2) is 7.68. The normalized spacial score (nSPS) is 12.0. The molecule has 3 rings (SSSR count). The molecule has 5 nitrogen and oxygen atoms in total. The predicted octanol–water partition coefficient (Wildman–Crippen LogP) is 3.14. The first-order chi connectivity index (χ1) is 11.7. The molecule has 24 heavy (non-hydrogen) atoms. The molecule has 1 aliphatic rings. The van der Waals surface area contributed by atoms with Crippen molar-refractivity contribution in [1.29, 1.82) is 0 Å². The molecule has 1 heterocycles. The zero-order valence-electron chi connectivity index (χ0n) is 13.1. The van der Waals surface area contributed by atoms with Crippen molar-refractivity contribution in [2.24, 2.45) is 0 Å². The quantitative estimate of drug-likeness (QED) is 0.792. The van der Waals surface area contributed by atoms with Crippen LogP contribution >= 0.6 is 0 Å². The predicted molar refractivity (Wildman–Crippen MR) is 86.0 cm³/mol. The fourth-order valence-corrected chi connectivity index (χ4v) is 2.29. The molecule has 0 radical (unpaired) electrons. The van der Waals surface area contributed by atoms with Crippen LogP contribution in [-0.2, 0) is 0 Å². The van der Waals surface area contributed by atoms with Crippen LogP contribution in [0.1, 0.15) is 23.2 Å². The molecule has 0 spiro atoms. The number of halogens is 1. The highest BCUT2D eigenvalue weighted by Gasteiger charge is 2.15. The first kappa shape index (κ1) is 16.1. The van der Waals surface area contributed by atoms with Crippen LogP contribution in [0.5, 0.6) is 17.2 Å². The van der Waals surface area contributed by atoms with Crippen LogP contribution < -0.4 is 19.5 Å². The summed E-state index contributed by atoms with van der Waals surface area (Å²) in [4.78, 5) is 12.1. The molecule has 2 aromatic rings. The van der Waals surface area contributed by atoms with Crippen LogP contribution in [-0.4, -0.2) is 25.9 Å². The van der Waals surface area contributed by atoms with Crippen LogP contribution in [0.25, 0.3) is 0 Å². The van der Waals surface area contributed by atoms with E-state index in [0.717, 1.165) is 12.8 Å².